The van der Waals surface area contributed by atoms with Gasteiger partial charge in [-0.25, -0.2) is 9.59 Å². The molecule has 0 saturated carbocycles. The van der Waals surface area contributed by atoms with Gasteiger partial charge in [0.05, 0.1) is 35.2 Å². The van der Waals surface area contributed by atoms with Gasteiger partial charge >= 0.3 is 11.9 Å². The number of nitro benzene ring substituents is 1. The SMILES string of the molecule is CCOC(=O)C1=C(C)NC(CC=O)=C(C(=O)OCC)C1c1ccccc1[N+](=O)[O-]. The van der Waals surface area contributed by atoms with Gasteiger partial charge in [0.1, 0.15) is 6.29 Å². The zero-order valence-corrected chi connectivity index (χ0v) is 16.4. The van der Waals surface area contributed by atoms with Crippen molar-refractivity contribution in [2.24, 2.45) is 0 Å². The zero-order chi connectivity index (χ0) is 21.6. The van der Waals surface area contributed by atoms with E-state index >= 15 is 0 Å². The summed E-state index contributed by atoms with van der Waals surface area (Å²) in [6, 6.07) is 5.82. The first-order valence-corrected chi connectivity index (χ1v) is 9.09. The van der Waals surface area contributed by atoms with E-state index in [4.69, 9.17) is 9.47 Å². The zero-order valence-electron chi connectivity index (χ0n) is 16.4. The Hall–Kier alpha value is -3.49. The number of hydrogen-bond acceptors (Lipinski definition) is 8. The van der Waals surface area contributed by atoms with Crippen LogP contribution in [0.1, 0.15) is 38.7 Å². The number of nitrogens with one attached hydrogen (secondary N) is 1. The Morgan fingerprint density at radius 2 is 1.72 bits per heavy atom. The number of carbonyl (C=O) groups excluding carboxylic acids is 3. The average Bonchev–Trinajstić information content (AvgIpc) is 2.67. The maximum absolute atomic E-state index is 12.8. The van der Waals surface area contributed by atoms with Gasteiger partial charge in [0.15, 0.2) is 0 Å². The van der Waals surface area contributed by atoms with Crippen molar-refractivity contribution in [2.45, 2.75) is 33.1 Å². The first kappa shape index (κ1) is 21.8. The number of esters is 2. The monoisotopic (exact) mass is 402 g/mol. The van der Waals surface area contributed by atoms with Crippen molar-refractivity contribution in [2.75, 3.05) is 13.2 Å². The summed E-state index contributed by atoms with van der Waals surface area (Å²) in [5, 5.41) is 14.5. The van der Waals surface area contributed by atoms with E-state index in [1.54, 1.807) is 26.8 Å². The predicted molar refractivity (Wildman–Crippen MR) is 103 cm³/mol. The Bertz CT molecular complexity index is 902. The molecule has 0 aliphatic carbocycles. The third kappa shape index (κ3) is 4.50. The molecule has 1 aliphatic rings. The fourth-order valence-corrected chi connectivity index (χ4v) is 3.28. The van der Waals surface area contributed by atoms with E-state index in [0.717, 1.165) is 0 Å². The van der Waals surface area contributed by atoms with E-state index in [1.807, 2.05) is 0 Å². The number of carbonyl (C=O) groups is 3. The molecule has 9 nitrogen and oxygen atoms in total. The highest BCUT2D eigenvalue weighted by atomic mass is 16.6. The number of aldehydes is 1. The smallest absolute Gasteiger partial charge is 0.336 e. The molecule has 1 aromatic carbocycles. The molecule has 9 heteroatoms. The van der Waals surface area contributed by atoms with E-state index < -0.39 is 22.8 Å². The number of rotatable bonds is 8. The summed E-state index contributed by atoms with van der Waals surface area (Å²) >= 11 is 0. The largest absolute Gasteiger partial charge is 0.463 e. The average molecular weight is 402 g/mol. The van der Waals surface area contributed by atoms with E-state index in [0.29, 0.717) is 12.0 Å². The highest BCUT2D eigenvalue weighted by Gasteiger charge is 2.41. The van der Waals surface area contributed by atoms with Crippen LogP contribution in [0.15, 0.2) is 46.8 Å². The molecule has 29 heavy (non-hydrogen) atoms. The molecule has 1 unspecified atom stereocenters. The molecule has 0 bridgehead atoms. The van der Waals surface area contributed by atoms with Gasteiger partial charge in [0.25, 0.3) is 5.69 Å². The number of nitrogens with zero attached hydrogens (tertiary/aromatic N) is 1. The highest BCUT2D eigenvalue weighted by molar-refractivity contribution is 6.00. The summed E-state index contributed by atoms with van der Waals surface area (Å²) < 4.78 is 10.3. The Balaban J connectivity index is 2.83. The van der Waals surface area contributed by atoms with Crippen molar-refractivity contribution < 1.29 is 28.8 Å². The van der Waals surface area contributed by atoms with Crippen molar-refractivity contribution in [1.82, 2.24) is 5.32 Å². The number of allylic oxidation sites excluding steroid dienone is 2. The van der Waals surface area contributed by atoms with Gasteiger partial charge in [-0.15, -0.1) is 0 Å². The summed E-state index contributed by atoms with van der Waals surface area (Å²) in [5.41, 5.74) is 0.471. The van der Waals surface area contributed by atoms with Crippen LogP contribution in [-0.4, -0.2) is 36.4 Å². The van der Waals surface area contributed by atoms with E-state index in [9.17, 15) is 24.5 Å². The predicted octanol–water partition coefficient (Wildman–Crippen LogP) is 2.52. The van der Waals surface area contributed by atoms with E-state index in [-0.39, 0.29) is 47.7 Å². The standard InChI is InChI=1S/C20H22N2O7/c1-4-28-19(24)16-12(3)21-14(10-11-23)18(20(25)29-5-2)17(16)13-8-6-7-9-15(13)22(26)27/h6-9,11,17,21H,4-5,10H2,1-3H3. The summed E-state index contributed by atoms with van der Waals surface area (Å²) in [4.78, 5) is 47.8. The minimum Gasteiger partial charge on any atom is -0.463 e. The number of para-hydroxylation sites is 1. The fourth-order valence-electron chi connectivity index (χ4n) is 3.28. The van der Waals surface area contributed by atoms with Gasteiger partial charge in [-0.3, -0.25) is 10.1 Å². The summed E-state index contributed by atoms with van der Waals surface area (Å²) in [7, 11) is 0. The van der Waals surface area contributed by atoms with Gasteiger partial charge in [-0.2, -0.15) is 0 Å². The molecule has 1 aromatic rings. The van der Waals surface area contributed by atoms with Crippen LogP contribution in [0, 0.1) is 10.1 Å². The molecule has 1 heterocycles. The lowest BCUT2D eigenvalue weighted by molar-refractivity contribution is -0.385. The molecule has 1 atom stereocenters. The van der Waals surface area contributed by atoms with Crippen LogP contribution in [0.3, 0.4) is 0 Å². The Labute approximate surface area is 167 Å². The quantitative estimate of drug-likeness (QED) is 0.304. The molecule has 0 aromatic heterocycles. The lowest BCUT2D eigenvalue weighted by Gasteiger charge is -2.30. The minimum absolute atomic E-state index is 0.0260. The third-order valence-corrected chi connectivity index (χ3v) is 4.37. The van der Waals surface area contributed by atoms with E-state index in [1.165, 1.54) is 18.2 Å². The Morgan fingerprint density at radius 1 is 1.14 bits per heavy atom. The van der Waals surface area contributed by atoms with Gasteiger partial charge < -0.3 is 19.6 Å². The first-order chi connectivity index (χ1) is 13.9. The molecular formula is C20H22N2O7. The molecule has 0 fully saturated rings. The van der Waals surface area contributed by atoms with Crippen molar-refractivity contribution in [3.63, 3.8) is 0 Å². The number of dihydropyridines is 1. The second-order valence-electron chi connectivity index (χ2n) is 6.12. The minimum atomic E-state index is -1.12. The van der Waals surface area contributed by atoms with Crippen LogP contribution in [0.5, 0.6) is 0 Å². The van der Waals surface area contributed by atoms with Gasteiger partial charge in [0.2, 0.25) is 0 Å². The molecule has 0 radical (unpaired) electrons. The van der Waals surface area contributed by atoms with E-state index in [2.05, 4.69) is 5.32 Å². The van der Waals surface area contributed by atoms with Crippen molar-refractivity contribution in [1.29, 1.82) is 0 Å². The lowest BCUT2D eigenvalue weighted by Crippen LogP contribution is -2.33. The van der Waals surface area contributed by atoms with Gasteiger partial charge in [0, 0.05) is 29.4 Å². The van der Waals surface area contributed by atoms with Crippen LogP contribution >= 0.6 is 0 Å². The van der Waals surface area contributed by atoms with Gasteiger partial charge in [-0.1, -0.05) is 18.2 Å². The highest BCUT2D eigenvalue weighted by Crippen LogP contribution is 2.43. The summed E-state index contributed by atoms with van der Waals surface area (Å²) in [6.07, 6.45) is 0.444. The molecule has 1 N–H and O–H groups in total. The number of ether oxygens (including phenoxy) is 2. The molecule has 2 rings (SSSR count). The van der Waals surface area contributed by atoms with Crippen LogP contribution in [0.4, 0.5) is 5.69 Å². The third-order valence-electron chi connectivity index (χ3n) is 4.37. The molecule has 1 aliphatic heterocycles. The summed E-state index contributed by atoms with van der Waals surface area (Å²) in [6.45, 7) is 4.96. The second-order valence-corrected chi connectivity index (χ2v) is 6.12. The number of hydrogen-bond donors (Lipinski definition) is 1. The maximum atomic E-state index is 12.8. The van der Waals surface area contributed by atoms with Crippen LogP contribution < -0.4 is 5.32 Å². The second kappa shape index (κ2) is 9.63. The molecule has 0 amide bonds. The topological polar surface area (TPSA) is 125 Å². The fraction of sp³-hybridized carbons (Fsp3) is 0.350. The number of nitro groups is 1. The normalized spacial score (nSPS) is 16.2. The Morgan fingerprint density at radius 3 is 2.28 bits per heavy atom. The van der Waals surface area contributed by atoms with Crippen LogP contribution in [-0.2, 0) is 23.9 Å². The van der Waals surface area contributed by atoms with Crippen molar-refractivity contribution in [3.8, 4) is 0 Å². The van der Waals surface area contributed by atoms with Gasteiger partial charge in [-0.05, 0) is 20.8 Å². The molecular weight excluding hydrogens is 380 g/mol. The summed E-state index contributed by atoms with van der Waals surface area (Å²) in [5.74, 6) is -2.60. The van der Waals surface area contributed by atoms with Crippen molar-refractivity contribution >= 4 is 23.9 Å². The first-order valence-electron chi connectivity index (χ1n) is 9.09. The molecule has 0 saturated heterocycles. The van der Waals surface area contributed by atoms with Crippen molar-refractivity contribution in [3.05, 3.63) is 62.5 Å². The Kier molecular flexibility index (Phi) is 7.24. The molecule has 154 valence electrons. The maximum Gasteiger partial charge on any atom is 0.336 e. The molecule has 0 spiro atoms. The van der Waals surface area contributed by atoms with Crippen LogP contribution in [0.2, 0.25) is 0 Å². The lowest BCUT2D eigenvalue weighted by atomic mass is 9.79. The van der Waals surface area contributed by atoms with Crippen LogP contribution in [0.25, 0.3) is 0 Å². The number of benzene rings is 1.